The van der Waals surface area contributed by atoms with Crippen LogP contribution >= 0.6 is 0 Å². The first kappa shape index (κ1) is 15.0. The zero-order chi connectivity index (χ0) is 15.1. The van der Waals surface area contributed by atoms with Gasteiger partial charge in [0.2, 0.25) is 0 Å². The number of rotatable bonds is 5. The summed E-state index contributed by atoms with van der Waals surface area (Å²) in [6.45, 7) is 3.66. The summed E-state index contributed by atoms with van der Waals surface area (Å²) in [5.41, 5.74) is 0.825. The van der Waals surface area contributed by atoms with Crippen molar-refractivity contribution in [1.82, 2.24) is 25.4 Å². The van der Waals surface area contributed by atoms with E-state index >= 15 is 0 Å². The van der Waals surface area contributed by atoms with Crippen molar-refractivity contribution in [3.63, 3.8) is 0 Å². The number of aliphatic imine (C=N–C) groups is 1. The number of aromatic nitrogens is 3. The lowest BCUT2D eigenvalue weighted by molar-refractivity contribution is 0.625. The average Bonchev–Trinajstić information content (AvgIpc) is 2.87. The Hall–Kier alpha value is -2.44. The maximum Gasteiger partial charge on any atom is 0.191 e. The van der Waals surface area contributed by atoms with Crippen LogP contribution in [0.25, 0.3) is 0 Å². The van der Waals surface area contributed by atoms with E-state index in [1.165, 1.54) is 12.1 Å². The van der Waals surface area contributed by atoms with E-state index in [2.05, 4.69) is 25.8 Å². The molecule has 0 atom stereocenters. The summed E-state index contributed by atoms with van der Waals surface area (Å²) >= 11 is 0. The van der Waals surface area contributed by atoms with E-state index in [0.29, 0.717) is 19.0 Å². The van der Waals surface area contributed by atoms with Crippen LogP contribution in [-0.4, -0.2) is 27.3 Å². The zero-order valence-corrected chi connectivity index (χ0v) is 12.2. The normalized spacial score (nSPS) is 11.5. The van der Waals surface area contributed by atoms with Crippen LogP contribution in [0.4, 0.5) is 4.39 Å². The molecule has 0 spiro atoms. The van der Waals surface area contributed by atoms with Gasteiger partial charge in [0, 0.05) is 13.6 Å². The van der Waals surface area contributed by atoms with Crippen molar-refractivity contribution in [2.24, 2.45) is 12.0 Å². The summed E-state index contributed by atoms with van der Waals surface area (Å²) in [5, 5.41) is 14.1. The minimum absolute atomic E-state index is 0.250. The lowest BCUT2D eigenvalue weighted by Crippen LogP contribution is -2.37. The van der Waals surface area contributed by atoms with E-state index < -0.39 is 0 Å². The van der Waals surface area contributed by atoms with Crippen LogP contribution in [0.15, 0.2) is 35.6 Å². The van der Waals surface area contributed by atoms with E-state index in [1.807, 2.05) is 24.6 Å². The first-order valence-corrected chi connectivity index (χ1v) is 6.78. The van der Waals surface area contributed by atoms with Crippen LogP contribution < -0.4 is 10.6 Å². The van der Waals surface area contributed by atoms with Gasteiger partial charge >= 0.3 is 0 Å². The van der Waals surface area contributed by atoms with Crippen LogP contribution in [0.3, 0.4) is 0 Å². The maximum absolute atomic E-state index is 13.1. The summed E-state index contributed by atoms with van der Waals surface area (Å²) in [6.07, 6.45) is 1.65. The largest absolute Gasteiger partial charge is 0.357 e. The van der Waals surface area contributed by atoms with Gasteiger partial charge in [-0.2, -0.15) is 0 Å². The highest BCUT2D eigenvalue weighted by molar-refractivity contribution is 5.79. The fraction of sp³-hybridized carbons (Fsp3) is 0.357. The van der Waals surface area contributed by atoms with Crippen molar-refractivity contribution in [3.8, 4) is 0 Å². The Balaban J connectivity index is 1.97. The molecule has 0 bridgehead atoms. The second-order valence-electron chi connectivity index (χ2n) is 4.54. The lowest BCUT2D eigenvalue weighted by atomic mass is 10.2. The number of nitrogens with zero attached hydrogens (tertiary/aromatic N) is 4. The Morgan fingerprint density at radius 2 is 2.24 bits per heavy atom. The van der Waals surface area contributed by atoms with Crippen LogP contribution in [0, 0.1) is 5.82 Å². The molecule has 0 aliphatic rings. The van der Waals surface area contributed by atoms with Gasteiger partial charge < -0.3 is 15.2 Å². The van der Waals surface area contributed by atoms with Crippen LogP contribution in [0.5, 0.6) is 0 Å². The second kappa shape index (κ2) is 7.37. The predicted octanol–water partition coefficient (Wildman–Crippen LogP) is 1.21. The number of benzene rings is 1. The molecule has 21 heavy (non-hydrogen) atoms. The molecule has 1 heterocycles. The highest BCUT2D eigenvalue weighted by atomic mass is 19.1. The molecule has 0 saturated carbocycles. The molecule has 0 unspecified atom stereocenters. The molecule has 112 valence electrons. The molecule has 1 aromatic carbocycles. The molecular formula is C14H19FN6. The minimum atomic E-state index is -0.250. The number of nitrogens with one attached hydrogen (secondary N) is 2. The third kappa shape index (κ3) is 4.55. The molecule has 2 N–H and O–H groups in total. The molecule has 0 radical (unpaired) electrons. The molecule has 0 saturated heterocycles. The Morgan fingerprint density at radius 1 is 1.38 bits per heavy atom. The second-order valence-corrected chi connectivity index (χ2v) is 4.54. The Kier molecular flexibility index (Phi) is 5.25. The molecule has 1 aromatic heterocycles. The number of hydrogen-bond donors (Lipinski definition) is 2. The minimum Gasteiger partial charge on any atom is -0.357 e. The standard InChI is InChI=1S/C14H19FN6/c1-3-16-14(18-9-13-20-19-10-21(13)2)17-8-11-5-4-6-12(15)7-11/h4-7,10H,3,8-9H2,1-2H3,(H2,16,17,18). The summed E-state index contributed by atoms with van der Waals surface area (Å²) < 4.78 is 15.0. The summed E-state index contributed by atoms with van der Waals surface area (Å²) in [5.74, 6) is 1.22. The first-order chi connectivity index (χ1) is 10.2. The number of halogens is 1. The fourth-order valence-corrected chi connectivity index (χ4v) is 1.78. The molecule has 7 heteroatoms. The van der Waals surface area contributed by atoms with Crippen molar-refractivity contribution < 1.29 is 4.39 Å². The first-order valence-electron chi connectivity index (χ1n) is 6.78. The Bertz CT molecular complexity index is 607. The van der Waals surface area contributed by atoms with E-state index in [4.69, 9.17) is 0 Å². The maximum atomic E-state index is 13.1. The van der Waals surface area contributed by atoms with E-state index in [-0.39, 0.29) is 5.82 Å². The van der Waals surface area contributed by atoms with Crippen LogP contribution in [0.1, 0.15) is 18.3 Å². The van der Waals surface area contributed by atoms with Gasteiger partial charge in [-0.1, -0.05) is 12.1 Å². The highest BCUT2D eigenvalue weighted by Crippen LogP contribution is 2.04. The zero-order valence-electron chi connectivity index (χ0n) is 12.2. The molecule has 0 aliphatic heterocycles. The van der Waals surface area contributed by atoms with Gasteiger partial charge in [0.05, 0.1) is 13.1 Å². The smallest absolute Gasteiger partial charge is 0.191 e. The van der Waals surface area contributed by atoms with Crippen molar-refractivity contribution in [2.75, 3.05) is 6.54 Å². The van der Waals surface area contributed by atoms with Gasteiger partial charge in [-0.15, -0.1) is 10.2 Å². The molecule has 6 nitrogen and oxygen atoms in total. The Labute approximate surface area is 123 Å². The molecule has 0 aliphatic carbocycles. The third-order valence-corrected chi connectivity index (χ3v) is 2.87. The van der Waals surface area contributed by atoms with Crippen molar-refractivity contribution in [3.05, 3.63) is 47.8 Å². The highest BCUT2D eigenvalue weighted by Gasteiger charge is 2.03. The van der Waals surface area contributed by atoms with Gasteiger partial charge in [-0.05, 0) is 24.6 Å². The van der Waals surface area contributed by atoms with Crippen molar-refractivity contribution in [2.45, 2.75) is 20.0 Å². The summed E-state index contributed by atoms with van der Waals surface area (Å²) in [6, 6.07) is 6.43. The fourth-order valence-electron chi connectivity index (χ4n) is 1.78. The van der Waals surface area contributed by atoms with E-state index in [0.717, 1.165) is 17.9 Å². The van der Waals surface area contributed by atoms with Crippen LogP contribution in [0.2, 0.25) is 0 Å². The number of hydrogen-bond acceptors (Lipinski definition) is 3. The molecule has 2 aromatic rings. The van der Waals surface area contributed by atoms with Gasteiger partial charge in [-0.3, -0.25) is 0 Å². The van der Waals surface area contributed by atoms with E-state index in [1.54, 1.807) is 12.4 Å². The topological polar surface area (TPSA) is 67.1 Å². The van der Waals surface area contributed by atoms with Gasteiger partial charge in [0.1, 0.15) is 12.1 Å². The predicted molar refractivity (Wildman–Crippen MR) is 79.1 cm³/mol. The lowest BCUT2D eigenvalue weighted by Gasteiger charge is -2.10. The molecule has 2 rings (SSSR count). The summed E-state index contributed by atoms with van der Waals surface area (Å²) in [7, 11) is 1.88. The SMILES string of the molecule is CCNC(=NCc1cccc(F)c1)NCc1nncn1C. The monoisotopic (exact) mass is 290 g/mol. The number of aryl methyl sites for hydroxylation is 1. The van der Waals surface area contributed by atoms with Gasteiger partial charge in [0.25, 0.3) is 0 Å². The van der Waals surface area contributed by atoms with Gasteiger partial charge in [0.15, 0.2) is 11.8 Å². The van der Waals surface area contributed by atoms with Crippen molar-refractivity contribution in [1.29, 1.82) is 0 Å². The number of guanidine groups is 1. The molecule has 0 amide bonds. The average molecular weight is 290 g/mol. The van der Waals surface area contributed by atoms with Crippen molar-refractivity contribution >= 4 is 5.96 Å². The summed E-state index contributed by atoms with van der Waals surface area (Å²) in [4.78, 5) is 4.42. The molecular weight excluding hydrogens is 271 g/mol. The third-order valence-electron chi connectivity index (χ3n) is 2.87. The molecule has 0 fully saturated rings. The van der Waals surface area contributed by atoms with E-state index in [9.17, 15) is 4.39 Å². The van der Waals surface area contributed by atoms with Gasteiger partial charge in [-0.25, -0.2) is 9.38 Å². The quantitative estimate of drug-likeness (QED) is 0.641. The van der Waals surface area contributed by atoms with Crippen LogP contribution in [-0.2, 0) is 20.1 Å². The Morgan fingerprint density at radius 3 is 2.90 bits per heavy atom.